The highest BCUT2D eigenvalue weighted by molar-refractivity contribution is 7.94. The smallest absolute Gasteiger partial charge is 0.273 e. The number of carbonyl (C=O) groups excluding carboxylic acids is 1. The Bertz CT molecular complexity index is 861. The first-order valence-electron chi connectivity index (χ1n) is 9.19. The minimum atomic E-state index is -3.57. The molecule has 1 aromatic heterocycles. The van der Waals surface area contributed by atoms with Gasteiger partial charge in [0.2, 0.25) is 0 Å². The van der Waals surface area contributed by atoms with E-state index in [2.05, 4.69) is 10.2 Å². The fourth-order valence-corrected chi connectivity index (χ4v) is 5.29. The molecule has 2 heterocycles. The van der Waals surface area contributed by atoms with E-state index in [4.69, 9.17) is 4.74 Å². The van der Waals surface area contributed by atoms with Crippen molar-refractivity contribution in [2.75, 3.05) is 50.7 Å². The van der Waals surface area contributed by atoms with E-state index in [1.807, 2.05) is 0 Å². The molecule has 1 fully saturated rings. The summed E-state index contributed by atoms with van der Waals surface area (Å²) in [5.41, 5.74) is 1.02. The number of anilines is 1. The number of hydrogen-bond donors (Lipinski definition) is 1. The number of hydrogen-bond acceptors (Lipinski definition) is 6. The molecule has 7 nitrogen and oxygen atoms in total. The van der Waals surface area contributed by atoms with Gasteiger partial charge in [-0.25, -0.2) is 8.42 Å². The molecule has 3 rings (SSSR count). The Labute approximate surface area is 170 Å². The summed E-state index contributed by atoms with van der Waals surface area (Å²) in [6.07, 6.45) is 0.881. The maximum absolute atomic E-state index is 12.6. The normalized spacial score (nSPS) is 15.3. The van der Waals surface area contributed by atoms with Crippen LogP contribution in [0.5, 0.6) is 0 Å². The van der Waals surface area contributed by atoms with Crippen LogP contribution in [0.4, 0.5) is 5.69 Å². The second-order valence-electron chi connectivity index (χ2n) is 6.51. The number of carbonyl (C=O) groups is 1. The highest BCUT2D eigenvalue weighted by Gasteiger charge is 2.22. The third-order valence-corrected chi connectivity index (χ3v) is 7.80. The van der Waals surface area contributed by atoms with Crippen LogP contribution in [0.1, 0.15) is 16.8 Å². The lowest BCUT2D eigenvalue weighted by atomic mass is 10.2. The van der Waals surface area contributed by atoms with E-state index in [0.717, 1.165) is 39.3 Å². The van der Waals surface area contributed by atoms with Crippen LogP contribution in [-0.4, -0.2) is 65.7 Å². The average molecular weight is 424 g/mol. The van der Waals surface area contributed by atoms with Gasteiger partial charge in [0.15, 0.2) is 0 Å². The molecular formula is C19H25N3O4S2. The second kappa shape index (κ2) is 9.51. The summed E-state index contributed by atoms with van der Waals surface area (Å²) < 4.78 is 32.0. The number of nitrogens with one attached hydrogen (secondary N) is 1. The average Bonchev–Trinajstić information content (AvgIpc) is 3.27. The van der Waals surface area contributed by atoms with Gasteiger partial charge in [-0.2, -0.15) is 0 Å². The van der Waals surface area contributed by atoms with E-state index >= 15 is 0 Å². The Balaban J connectivity index is 1.51. The molecule has 0 radical (unpaired) electrons. The first-order valence-corrected chi connectivity index (χ1v) is 11.5. The van der Waals surface area contributed by atoms with Crippen molar-refractivity contribution in [3.05, 3.63) is 47.3 Å². The van der Waals surface area contributed by atoms with Crippen LogP contribution in [0.2, 0.25) is 0 Å². The fourth-order valence-electron chi connectivity index (χ4n) is 2.94. The molecule has 1 aliphatic heterocycles. The van der Waals surface area contributed by atoms with Gasteiger partial charge in [0.25, 0.3) is 15.9 Å². The van der Waals surface area contributed by atoms with E-state index < -0.39 is 10.0 Å². The summed E-state index contributed by atoms with van der Waals surface area (Å²) in [5.74, 6) is -0.155. The molecule has 1 aliphatic rings. The molecule has 1 amide bonds. The Morgan fingerprint density at radius 3 is 2.57 bits per heavy atom. The van der Waals surface area contributed by atoms with Gasteiger partial charge < -0.3 is 10.1 Å². The van der Waals surface area contributed by atoms with Crippen LogP contribution in [-0.2, 0) is 14.8 Å². The number of ether oxygens (including phenoxy) is 1. The lowest BCUT2D eigenvalue weighted by molar-refractivity contribution is 0.0374. The molecule has 0 spiro atoms. The van der Waals surface area contributed by atoms with Crippen molar-refractivity contribution in [2.45, 2.75) is 10.6 Å². The molecule has 0 unspecified atom stereocenters. The van der Waals surface area contributed by atoms with Gasteiger partial charge in [-0.05, 0) is 48.7 Å². The number of sulfonamides is 1. The summed E-state index contributed by atoms with van der Waals surface area (Å²) in [7, 11) is -2.06. The predicted octanol–water partition coefficient (Wildman–Crippen LogP) is 2.03. The quantitative estimate of drug-likeness (QED) is 0.658. The van der Waals surface area contributed by atoms with Gasteiger partial charge in [0.1, 0.15) is 4.21 Å². The Hall–Kier alpha value is -1.94. The van der Waals surface area contributed by atoms with Gasteiger partial charge >= 0.3 is 0 Å². The van der Waals surface area contributed by atoms with Gasteiger partial charge in [0.05, 0.1) is 18.9 Å². The molecule has 28 heavy (non-hydrogen) atoms. The van der Waals surface area contributed by atoms with Gasteiger partial charge in [-0.15, -0.1) is 11.3 Å². The van der Waals surface area contributed by atoms with Crippen LogP contribution in [0.3, 0.4) is 0 Å². The molecule has 0 saturated carbocycles. The van der Waals surface area contributed by atoms with Gasteiger partial charge in [-0.1, -0.05) is 6.07 Å². The number of amides is 1. The van der Waals surface area contributed by atoms with E-state index in [1.165, 1.54) is 22.7 Å². The summed E-state index contributed by atoms with van der Waals surface area (Å²) >= 11 is 1.18. The summed E-state index contributed by atoms with van der Waals surface area (Å²) in [5, 5.41) is 4.64. The molecule has 9 heteroatoms. The predicted molar refractivity (Wildman–Crippen MR) is 111 cm³/mol. The monoisotopic (exact) mass is 423 g/mol. The molecule has 0 aliphatic carbocycles. The van der Waals surface area contributed by atoms with Crippen molar-refractivity contribution >= 4 is 33.0 Å². The molecule has 1 saturated heterocycles. The summed E-state index contributed by atoms with van der Waals surface area (Å²) in [4.78, 5) is 14.6. The van der Waals surface area contributed by atoms with Gasteiger partial charge in [-0.3, -0.25) is 14.0 Å². The number of benzene rings is 1. The van der Waals surface area contributed by atoms with Crippen molar-refractivity contribution in [3.63, 3.8) is 0 Å². The van der Waals surface area contributed by atoms with Crippen LogP contribution in [0.15, 0.2) is 46.0 Å². The van der Waals surface area contributed by atoms with E-state index in [9.17, 15) is 13.2 Å². The summed E-state index contributed by atoms with van der Waals surface area (Å²) in [6, 6.07) is 9.87. The van der Waals surface area contributed by atoms with E-state index in [0.29, 0.717) is 17.8 Å². The van der Waals surface area contributed by atoms with E-state index in [-0.39, 0.29) is 10.1 Å². The largest absolute Gasteiger partial charge is 0.379 e. The SMILES string of the molecule is CN(c1ccc(C(=O)NCCCN2CCOCC2)cc1)S(=O)(=O)c1cccs1. The van der Waals surface area contributed by atoms with Crippen molar-refractivity contribution in [2.24, 2.45) is 0 Å². The number of nitrogens with zero attached hydrogens (tertiary/aromatic N) is 2. The first-order chi connectivity index (χ1) is 13.5. The first kappa shape index (κ1) is 20.8. The molecule has 0 atom stereocenters. The lowest BCUT2D eigenvalue weighted by Gasteiger charge is -2.26. The molecular weight excluding hydrogens is 398 g/mol. The highest BCUT2D eigenvalue weighted by Crippen LogP contribution is 2.25. The molecule has 1 N–H and O–H groups in total. The number of rotatable bonds is 8. The number of morpholine rings is 1. The number of thiophene rings is 1. The molecule has 0 bridgehead atoms. The van der Waals surface area contributed by atoms with Crippen molar-refractivity contribution in [3.8, 4) is 0 Å². The zero-order valence-electron chi connectivity index (χ0n) is 15.8. The Kier molecular flexibility index (Phi) is 7.06. The van der Waals surface area contributed by atoms with Crippen LogP contribution >= 0.6 is 11.3 Å². The molecule has 152 valence electrons. The van der Waals surface area contributed by atoms with Crippen molar-refractivity contribution in [1.29, 1.82) is 0 Å². The third-order valence-electron chi connectivity index (χ3n) is 4.64. The fraction of sp³-hybridized carbons (Fsp3) is 0.421. The Morgan fingerprint density at radius 1 is 1.21 bits per heavy atom. The third kappa shape index (κ3) is 5.11. The zero-order chi connectivity index (χ0) is 20.0. The van der Waals surface area contributed by atoms with Crippen LogP contribution in [0.25, 0.3) is 0 Å². The standard InChI is InChI=1S/C19H25N3O4S2/c1-21(28(24,25)18-4-2-15-27-18)17-7-5-16(6-8-17)19(23)20-9-3-10-22-11-13-26-14-12-22/h2,4-8,15H,3,9-14H2,1H3,(H,20,23). The van der Waals surface area contributed by atoms with Crippen LogP contribution in [0, 0.1) is 0 Å². The minimum Gasteiger partial charge on any atom is -0.379 e. The van der Waals surface area contributed by atoms with E-state index in [1.54, 1.807) is 41.8 Å². The van der Waals surface area contributed by atoms with Crippen LogP contribution < -0.4 is 9.62 Å². The molecule has 1 aromatic carbocycles. The maximum atomic E-state index is 12.6. The highest BCUT2D eigenvalue weighted by atomic mass is 32.2. The molecule has 2 aromatic rings. The topological polar surface area (TPSA) is 79.0 Å². The minimum absolute atomic E-state index is 0.155. The van der Waals surface area contributed by atoms with Gasteiger partial charge in [0, 0.05) is 32.2 Å². The maximum Gasteiger partial charge on any atom is 0.273 e. The van der Waals surface area contributed by atoms with Crippen molar-refractivity contribution < 1.29 is 17.9 Å². The summed E-state index contributed by atoms with van der Waals surface area (Å²) in [6.45, 7) is 4.97. The zero-order valence-corrected chi connectivity index (χ0v) is 17.5. The lowest BCUT2D eigenvalue weighted by Crippen LogP contribution is -2.38. The Morgan fingerprint density at radius 2 is 1.93 bits per heavy atom. The second-order valence-corrected chi connectivity index (χ2v) is 9.66. The van der Waals surface area contributed by atoms with Crippen molar-refractivity contribution in [1.82, 2.24) is 10.2 Å².